The van der Waals surface area contributed by atoms with Crippen molar-refractivity contribution < 1.29 is 19.6 Å². The van der Waals surface area contributed by atoms with Crippen molar-refractivity contribution in [3.05, 3.63) is 203 Å². The van der Waals surface area contributed by atoms with Crippen LogP contribution in [0.1, 0.15) is 200 Å². The van der Waals surface area contributed by atoms with Crippen LogP contribution in [0.3, 0.4) is 0 Å². The quantitative estimate of drug-likeness (QED) is 0.0854. The number of pyridine rings is 1. The Hall–Kier alpha value is -5.19. The lowest BCUT2D eigenvalue weighted by molar-refractivity contribution is -0.272. The number of hydrogen-bond acceptors (Lipinski definition) is 8. The molecule has 8 heteroatoms. The van der Waals surface area contributed by atoms with Gasteiger partial charge in [-0.15, -0.1) is 0 Å². The van der Waals surface area contributed by atoms with Crippen molar-refractivity contribution in [2.45, 2.75) is 185 Å². The molecule has 6 unspecified atom stereocenters. The Labute approximate surface area is 449 Å². The van der Waals surface area contributed by atoms with Gasteiger partial charge in [0, 0.05) is 29.0 Å². The van der Waals surface area contributed by atoms with Crippen LogP contribution in [-0.2, 0) is 14.5 Å². The molecule has 402 valence electrons. The lowest BCUT2D eigenvalue weighted by atomic mass is 9.91. The molecule has 1 N–H and O–H groups in total. The minimum atomic E-state index is -0.191. The predicted octanol–water partition coefficient (Wildman–Crippen LogP) is 17.9. The van der Waals surface area contributed by atoms with Crippen LogP contribution in [0.25, 0.3) is 0 Å². The molecule has 6 aromatic rings. The summed E-state index contributed by atoms with van der Waals surface area (Å²) in [6, 6.07) is 51.8. The average molecular weight is 1010 g/mol. The highest BCUT2D eigenvalue weighted by Crippen LogP contribution is 2.40. The highest BCUT2D eigenvalue weighted by atomic mass is 16.7. The van der Waals surface area contributed by atoms with Crippen LogP contribution in [0.4, 0.5) is 0 Å². The Morgan fingerprint density at radius 1 is 0.378 bits per heavy atom. The number of aryl methyl sites for hydroxylation is 1. The summed E-state index contributed by atoms with van der Waals surface area (Å²) in [4.78, 5) is 23.8. The molecule has 0 bridgehead atoms. The van der Waals surface area contributed by atoms with Crippen molar-refractivity contribution in [3.63, 3.8) is 0 Å². The summed E-state index contributed by atoms with van der Waals surface area (Å²) >= 11 is 0. The molecule has 0 aliphatic rings. The lowest BCUT2D eigenvalue weighted by Gasteiger charge is -2.44. The summed E-state index contributed by atoms with van der Waals surface area (Å²) < 4.78 is 0. The Morgan fingerprint density at radius 3 is 0.986 bits per heavy atom. The van der Waals surface area contributed by atoms with E-state index in [0.29, 0.717) is 17.8 Å². The van der Waals surface area contributed by atoms with E-state index in [9.17, 15) is 5.11 Å². The van der Waals surface area contributed by atoms with Gasteiger partial charge in [-0.25, -0.2) is 0 Å². The largest absolute Gasteiger partial charge is 0.508 e. The normalized spacial score (nSPS) is 14.8. The number of aromatic nitrogens is 1. The van der Waals surface area contributed by atoms with E-state index >= 15 is 0 Å². The highest BCUT2D eigenvalue weighted by molar-refractivity contribution is 5.30. The molecule has 74 heavy (non-hydrogen) atoms. The van der Waals surface area contributed by atoms with Gasteiger partial charge >= 0.3 is 0 Å². The van der Waals surface area contributed by atoms with E-state index in [1.54, 1.807) is 6.07 Å². The topological polar surface area (TPSA) is 70.5 Å². The summed E-state index contributed by atoms with van der Waals surface area (Å²) in [5.74, 6) is 1.44. The second kappa shape index (κ2) is 28.1. The first-order valence-electron chi connectivity index (χ1n) is 27.0. The third-order valence-electron chi connectivity index (χ3n) is 12.9. The SMILES string of the molecule is CC(ON(C(c1cccc(O)c1)C(C)C)C(C)(C)C)c1ccccc1.CC(ON(C(c1cccnc1)C(C)C)C(C)(C)C)c1ccccc1.Cc1cccc(C(C(C)C)N(OC(C)c2ccccc2)C(C)(C)C)c1. The summed E-state index contributed by atoms with van der Waals surface area (Å²) in [5.41, 5.74) is 7.93. The Bertz CT molecular complexity index is 2360. The molecular weight excluding hydrogens is 913 g/mol. The Balaban J connectivity index is 0.000000240. The van der Waals surface area contributed by atoms with E-state index in [0.717, 1.165) is 11.1 Å². The van der Waals surface area contributed by atoms with Crippen LogP contribution < -0.4 is 0 Å². The minimum absolute atomic E-state index is 0.00600. The molecule has 0 fully saturated rings. The first-order valence-corrected chi connectivity index (χ1v) is 27.0. The zero-order valence-corrected chi connectivity index (χ0v) is 48.7. The lowest BCUT2D eigenvalue weighted by Crippen LogP contribution is -2.46. The van der Waals surface area contributed by atoms with Crippen LogP contribution in [0.15, 0.2) is 164 Å². The number of phenolic OH excluding ortho intramolecular Hbond substituents is 1. The van der Waals surface area contributed by atoms with Crippen LogP contribution in [-0.4, -0.2) is 41.9 Å². The maximum absolute atomic E-state index is 9.93. The smallest absolute Gasteiger partial charge is 0.115 e. The molecule has 0 amide bonds. The molecule has 0 radical (unpaired) electrons. The van der Waals surface area contributed by atoms with E-state index in [1.807, 2.05) is 60.9 Å². The van der Waals surface area contributed by atoms with Crippen LogP contribution in [0, 0.1) is 24.7 Å². The Morgan fingerprint density at radius 2 is 0.689 bits per heavy atom. The van der Waals surface area contributed by atoms with Crippen LogP contribution in [0.2, 0.25) is 0 Å². The maximum Gasteiger partial charge on any atom is 0.115 e. The van der Waals surface area contributed by atoms with E-state index in [-0.39, 0.29) is 58.8 Å². The summed E-state index contributed by atoms with van der Waals surface area (Å²) in [6.45, 7) is 41.5. The number of hydrogen-bond donors (Lipinski definition) is 1. The molecule has 8 nitrogen and oxygen atoms in total. The number of hydroxylamine groups is 6. The van der Waals surface area contributed by atoms with Gasteiger partial charge in [-0.3, -0.25) is 19.5 Å². The second-order valence-electron chi connectivity index (χ2n) is 23.8. The molecule has 0 aliphatic carbocycles. The number of aromatic hydroxyl groups is 1. The van der Waals surface area contributed by atoms with Crippen molar-refractivity contribution in [1.82, 2.24) is 20.2 Å². The fourth-order valence-corrected chi connectivity index (χ4v) is 9.28. The maximum atomic E-state index is 9.93. The second-order valence-corrected chi connectivity index (χ2v) is 23.8. The average Bonchev–Trinajstić information content (AvgIpc) is 3.33. The zero-order chi connectivity index (χ0) is 55.0. The van der Waals surface area contributed by atoms with Crippen molar-refractivity contribution in [2.75, 3.05) is 0 Å². The van der Waals surface area contributed by atoms with Crippen molar-refractivity contribution >= 4 is 0 Å². The van der Waals surface area contributed by atoms with Gasteiger partial charge in [0.1, 0.15) is 24.1 Å². The number of benzene rings is 5. The predicted molar refractivity (Wildman–Crippen MR) is 309 cm³/mol. The van der Waals surface area contributed by atoms with Gasteiger partial charge in [-0.1, -0.05) is 181 Å². The molecule has 0 spiro atoms. The summed E-state index contributed by atoms with van der Waals surface area (Å²) in [6.07, 6.45) is 3.70. The number of rotatable bonds is 18. The summed E-state index contributed by atoms with van der Waals surface area (Å²) in [5, 5.41) is 16.4. The van der Waals surface area contributed by atoms with E-state index in [1.165, 1.54) is 27.8 Å². The fraction of sp³-hybridized carbons (Fsp3) is 0.470. The van der Waals surface area contributed by atoms with E-state index in [2.05, 4.69) is 249 Å². The van der Waals surface area contributed by atoms with Crippen molar-refractivity contribution in [3.8, 4) is 5.75 Å². The minimum Gasteiger partial charge on any atom is -0.508 e. The number of nitrogens with zero attached hydrogens (tertiary/aromatic N) is 4. The van der Waals surface area contributed by atoms with Gasteiger partial charge in [-0.05, 0) is 159 Å². The first-order chi connectivity index (χ1) is 34.7. The molecule has 6 rings (SSSR count). The van der Waals surface area contributed by atoms with Crippen molar-refractivity contribution in [1.29, 1.82) is 0 Å². The van der Waals surface area contributed by atoms with Crippen LogP contribution >= 0.6 is 0 Å². The highest BCUT2D eigenvalue weighted by Gasteiger charge is 2.37. The van der Waals surface area contributed by atoms with Gasteiger partial charge in [0.25, 0.3) is 0 Å². The van der Waals surface area contributed by atoms with Gasteiger partial charge in [0.05, 0.1) is 18.1 Å². The van der Waals surface area contributed by atoms with Crippen LogP contribution in [0.5, 0.6) is 5.75 Å². The number of phenols is 1. The first kappa shape index (κ1) is 61.4. The molecule has 0 saturated heterocycles. The third kappa shape index (κ3) is 18.6. The molecular formula is C66H94N4O4. The van der Waals surface area contributed by atoms with Gasteiger partial charge in [-0.2, -0.15) is 15.2 Å². The van der Waals surface area contributed by atoms with Gasteiger partial charge < -0.3 is 5.11 Å². The molecule has 1 heterocycles. The zero-order valence-electron chi connectivity index (χ0n) is 48.7. The monoisotopic (exact) mass is 1010 g/mol. The van der Waals surface area contributed by atoms with Crippen molar-refractivity contribution in [2.24, 2.45) is 17.8 Å². The van der Waals surface area contributed by atoms with Gasteiger partial charge in [0.15, 0.2) is 0 Å². The molecule has 0 saturated carbocycles. The third-order valence-corrected chi connectivity index (χ3v) is 12.9. The van der Waals surface area contributed by atoms with E-state index < -0.39 is 0 Å². The molecule has 6 atom stereocenters. The summed E-state index contributed by atoms with van der Waals surface area (Å²) in [7, 11) is 0. The standard InChI is InChI=1S/C23H33NO.C22H31NO2.C21H30N2O/c1-17(2)22(21-15-11-12-18(3)16-21)24(23(5,6)7)25-19(4)20-13-9-8-10-14-20;1-16(2)21(19-13-10-14-20(24)15-19)23(22(4,5)6)25-17(3)18-11-8-7-9-12-18;1-16(2)20(19-13-10-14-22-15-19)23(21(4,5)6)24-17(3)18-11-8-7-9-12-18/h8-17,19,22H,1-7H3;7-17,21,24H,1-6H3;7-17,20H,1-6H3. The molecule has 1 aromatic heterocycles. The fourth-order valence-electron chi connectivity index (χ4n) is 9.28. The van der Waals surface area contributed by atoms with E-state index in [4.69, 9.17) is 14.5 Å². The molecule has 5 aromatic carbocycles. The molecule has 0 aliphatic heterocycles. The Kier molecular flexibility index (Phi) is 23.3. The van der Waals surface area contributed by atoms with Gasteiger partial charge in [0.2, 0.25) is 0 Å².